The van der Waals surface area contributed by atoms with Crippen molar-refractivity contribution in [1.82, 2.24) is 5.32 Å². The number of hydrogen-bond acceptors (Lipinski definition) is 4. The molecule has 0 amide bonds. The molecule has 2 rings (SSSR count). The largest absolute Gasteiger partial charge is 0.522 e. The summed E-state index contributed by atoms with van der Waals surface area (Å²) in [6.07, 6.45) is 0.602. The zero-order valence-electron chi connectivity index (χ0n) is 11.8. The second-order valence-corrected chi connectivity index (χ2v) is 6.78. The highest BCUT2D eigenvalue weighted by atomic mass is 79.9. The van der Waals surface area contributed by atoms with Crippen molar-refractivity contribution in [3.05, 3.63) is 33.5 Å². The average Bonchev–Trinajstić information content (AvgIpc) is 2.42. The molecule has 11 heteroatoms. The molecule has 1 aromatic carbocycles. The third kappa shape index (κ3) is 5.38. The van der Waals surface area contributed by atoms with Crippen molar-refractivity contribution in [2.75, 3.05) is 20.2 Å². The van der Waals surface area contributed by atoms with Gasteiger partial charge in [0.2, 0.25) is 0 Å². The second-order valence-electron chi connectivity index (χ2n) is 4.51. The molecule has 5 nitrogen and oxygen atoms in total. The van der Waals surface area contributed by atoms with Crippen LogP contribution in [-0.2, 0) is 21.3 Å². The number of ether oxygens (including phenoxy) is 1. The first-order chi connectivity index (χ1) is 10.5. The minimum absolute atomic E-state index is 0.170. The van der Waals surface area contributed by atoms with E-state index in [0.717, 1.165) is 16.5 Å². The molecule has 0 saturated heterocycles. The van der Waals surface area contributed by atoms with Gasteiger partial charge in [-0.05, 0) is 31.2 Å². The van der Waals surface area contributed by atoms with Crippen LogP contribution in [-0.4, -0.2) is 38.7 Å². The number of rotatable bonds is 2. The van der Waals surface area contributed by atoms with Gasteiger partial charge >= 0.3 is 15.6 Å². The third-order valence-electron chi connectivity index (χ3n) is 2.92. The van der Waals surface area contributed by atoms with Gasteiger partial charge < -0.3 is 10.1 Å². The van der Waals surface area contributed by atoms with E-state index in [4.69, 9.17) is 17.7 Å². The Kier molecular flexibility index (Phi) is 6.95. The SMILES string of the molecule is CNCC1OCCc2c(Br)ccc(F)c21.O=S(=O)(O)C(F)(F)F. The van der Waals surface area contributed by atoms with Gasteiger partial charge in [-0.3, -0.25) is 4.55 Å². The Bertz CT molecular complexity index is 651. The fourth-order valence-corrected chi connectivity index (χ4v) is 2.49. The molecule has 1 aliphatic rings. The molecule has 0 bridgehead atoms. The number of hydrogen-bond donors (Lipinski definition) is 2. The normalized spacial score (nSPS) is 18.0. The first-order valence-corrected chi connectivity index (χ1v) is 8.49. The summed E-state index contributed by atoms with van der Waals surface area (Å²) in [6, 6.07) is 3.25. The summed E-state index contributed by atoms with van der Waals surface area (Å²) in [6.45, 7) is 1.29. The summed E-state index contributed by atoms with van der Waals surface area (Å²) in [5.74, 6) is -0.173. The molecule has 0 saturated carbocycles. The van der Waals surface area contributed by atoms with E-state index in [2.05, 4.69) is 21.2 Å². The zero-order valence-corrected chi connectivity index (χ0v) is 14.2. The molecule has 1 heterocycles. The van der Waals surface area contributed by atoms with Crippen LogP contribution in [0.25, 0.3) is 0 Å². The minimum Gasteiger partial charge on any atom is -0.372 e. The zero-order chi connectivity index (χ0) is 17.8. The Morgan fingerprint density at radius 2 is 2.00 bits per heavy atom. The summed E-state index contributed by atoms with van der Waals surface area (Å²) in [5.41, 5.74) is -3.79. The van der Waals surface area contributed by atoms with E-state index in [1.807, 2.05) is 7.05 Å². The van der Waals surface area contributed by atoms with Crippen LogP contribution in [0, 0.1) is 5.82 Å². The van der Waals surface area contributed by atoms with E-state index < -0.39 is 15.6 Å². The number of alkyl halides is 3. The Morgan fingerprint density at radius 1 is 1.43 bits per heavy atom. The van der Waals surface area contributed by atoms with Crippen LogP contribution in [0.4, 0.5) is 17.6 Å². The number of halogens is 5. The van der Waals surface area contributed by atoms with Crippen LogP contribution >= 0.6 is 15.9 Å². The van der Waals surface area contributed by atoms with Crippen molar-refractivity contribution in [1.29, 1.82) is 0 Å². The maximum Gasteiger partial charge on any atom is 0.522 e. The van der Waals surface area contributed by atoms with Gasteiger partial charge in [0.15, 0.2) is 0 Å². The molecule has 1 aromatic rings. The lowest BCUT2D eigenvalue weighted by molar-refractivity contribution is -0.0510. The van der Waals surface area contributed by atoms with E-state index >= 15 is 0 Å². The number of benzene rings is 1. The predicted molar refractivity (Wildman–Crippen MR) is 78.0 cm³/mol. The molecule has 23 heavy (non-hydrogen) atoms. The molecular weight excluding hydrogens is 410 g/mol. The third-order valence-corrected chi connectivity index (χ3v) is 4.25. The van der Waals surface area contributed by atoms with Gasteiger partial charge in [-0.2, -0.15) is 21.6 Å². The lowest BCUT2D eigenvalue weighted by Crippen LogP contribution is -2.26. The first kappa shape index (κ1) is 20.3. The minimum atomic E-state index is -5.84. The average molecular weight is 424 g/mol. The molecule has 1 atom stereocenters. The lowest BCUT2D eigenvalue weighted by atomic mass is 9.97. The predicted octanol–water partition coefficient (Wildman–Crippen LogP) is 2.82. The summed E-state index contributed by atoms with van der Waals surface area (Å²) in [7, 11) is -4.00. The lowest BCUT2D eigenvalue weighted by Gasteiger charge is -2.27. The monoisotopic (exact) mass is 423 g/mol. The van der Waals surface area contributed by atoms with Crippen molar-refractivity contribution in [3.63, 3.8) is 0 Å². The molecule has 0 aliphatic carbocycles. The van der Waals surface area contributed by atoms with Crippen molar-refractivity contribution in [2.45, 2.75) is 18.0 Å². The van der Waals surface area contributed by atoms with Gasteiger partial charge in [0.05, 0.1) is 12.7 Å². The van der Waals surface area contributed by atoms with E-state index in [9.17, 15) is 17.6 Å². The van der Waals surface area contributed by atoms with Crippen LogP contribution < -0.4 is 5.32 Å². The Balaban J connectivity index is 0.000000284. The second kappa shape index (κ2) is 7.88. The van der Waals surface area contributed by atoms with Crippen molar-refractivity contribution >= 4 is 26.0 Å². The van der Waals surface area contributed by atoms with Gasteiger partial charge in [0, 0.05) is 16.6 Å². The molecular formula is C12H14BrF4NO4S. The van der Waals surface area contributed by atoms with Crippen LogP contribution in [0.5, 0.6) is 0 Å². The highest BCUT2D eigenvalue weighted by Crippen LogP contribution is 2.33. The van der Waals surface area contributed by atoms with Gasteiger partial charge in [0.1, 0.15) is 5.82 Å². The van der Waals surface area contributed by atoms with Crippen LogP contribution in [0.3, 0.4) is 0 Å². The van der Waals surface area contributed by atoms with Gasteiger partial charge in [-0.1, -0.05) is 15.9 Å². The van der Waals surface area contributed by atoms with Gasteiger partial charge in [-0.15, -0.1) is 0 Å². The standard InChI is InChI=1S/C11H13BrFNO.CHF3O3S/c1-14-6-10-11-7(4-5-15-10)8(12)2-3-9(11)13;2-1(3,4)8(5,6)7/h2-3,10,14H,4-6H2,1H3;(H,5,6,7). The van der Waals surface area contributed by atoms with E-state index in [-0.39, 0.29) is 11.9 Å². The van der Waals surface area contributed by atoms with Crippen LogP contribution in [0.2, 0.25) is 0 Å². The molecule has 2 N–H and O–H groups in total. The van der Waals surface area contributed by atoms with E-state index in [1.54, 1.807) is 6.07 Å². The van der Waals surface area contributed by atoms with Crippen molar-refractivity contribution < 1.29 is 35.3 Å². The smallest absolute Gasteiger partial charge is 0.372 e. The van der Waals surface area contributed by atoms with Crippen LogP contribution in [0.1, 0.15) is 17.2 Å². The highest BCUT2D eigenvalue weighted by Gasteiger charge is 2.44. The topological polar surface area (TPSA) is 75.6 Å². The van der Waals surface area contributed by atoms with Gasteiger partial charge in [-0.25, -0.2) is 4.39 Å². The molecule has 0 aromatic heterocycles. The fourth-order valence-electron chi connectivity index (χ4n) is 1.94. The van der Waals surface area contributed by atoms with Crippen molar-refractivity contribution in [3.8, 4) is 0 Å². The maximum atomic E-state index is 13.7. The summed E-state index contributed by atoms with van der Waals surface area (Å²) in [5, 5.41) is 3.02. The molecule has 0 radical (unpaired) electrons. The molecule has 132 valence electrons. The van der Waals surface area contributed by atoms with Gasteiger partial charge in [0.25, 0.3) is 0 Å². The number of likely N-dealkylation sites (N-methyl/N-ethyl adjacent to an activating group) is 1. The molecule has 0 spiro atoms. The Labute approximate surface area is 138 Å². The van der Waals surface area contributed by atoms with E-state index in [1.165, 1.54) is 6.07 Å². The Hall–Kier alpha value is -0.750. The van der Waals surface area contributed by atoms with Crippen molar-refractivity contribution in [2.24, 2.45) is 0 Å². The summed E-state index contributed by atoms with van der Waals surface area (Å²) in [4.78, 5) is 0. The van der Waals surface area contributed by atoms with Crippen LogP contribution in [0.15, 0.2) is 16.6 Å². The summed E-state index contributed by atoms with van der Waals surface area (Å²) >= 11 is 3.45. The molecule has 0 fully saturated rings. The highest BCUT2D eigenvalue weighted by molar-refractivity contribution is 9.10. The molecule has 1 unspecified atom stereocenters. The maximum absolute atomic E-state index is 13.7. The quantitative estimate of drug-likeness (QED) is 0.434. The Morgan fingerprint density at radius 3 is 2.48 bits per heavy atom. The first-order valence-electron chi connectivity index (χ1n) is 6.25. The number of fused-ring (bicyclic) bond motifs is 1. The fraction of sp³-hybridized carbons (Fsp3) is 0.500. The molecule has 1 aliphatic heterocycles. The van der Waals surface area contributed by atoms with E-state index in [0.29, 0.717) is 18.7 Å². The summed E-state index contributed by atoms with van der Waals surface area (Å²) < 4.78 is 77.8. The number of nitrogens with one attached hydrogen (secondary N) is 1.